The number of rotatable bonds is 3. The molecule has 4 rings (SSSR count). The second-order valence-electron chi connectivity index (χ2n) is 5.85. The van der Waals surface area contributed by atoms with Crippen LogP contribution in [0, 0.1) is 5.92 Å². The molecule has 1 aromatic heterocycles. The molecule has 0 aliphatic carbocycles. The van der Waals surface area contributed by atoms with Crippen LogP contribution in [0.4, 0.5) is 0 Å². The van der Waals surface area contributed by atoms with Gasteiger partial charge in [0.05, 0.1) is 6.04 Å². The number of allylic oxidation sites excluding steroid dienone is 2. The van der Waals surface area contributed by atoms with E-state index in [0.29, 0.717) is 17.9 Å². The van der Waals surface area contributed by atoms with Crippen molar-refractivity contribution in [1.29, 1.82) is 0 Å². The molecule has 6 nitrogen and oxygen atoms in total. The number of aliphatic carboxylic acids is 1. The average molecular weight is 297 g/mol. The minimum absolute atomic E-state index is 0.00846. The number of nitrogens with one attached hydrogen (secondary N) is 1. The molecule has 0 spiro atoms. The Morgan fingerprint density at radius 3 is 3.05 bits per heavy atom. The van der Waals surface area contributed by atoms with E-state index in [2.05, 4.69) is 10.3 Å². The first kappa shape index (κ1) is 13.2. The minimum Gasteiger partial charge on any atom is -0.477 e. The molecule has 0 aromatic carbocycles. The number of β-lactam (4-membered cyclic amide) rings is 1. The summed E-state index contributed by atoms with van der Waals surface area (Å²) in [6.07, 6.45) is 7.72. The molecule has 0 radical (unpaired) electrons. The lowest BCUT2D eigenvalue weighted by Gasteiger charge is -2.48. The van der Waals surface area contributed by atoms with Gasteiger partial charge in [-0.15, -0.1) is 0 Å². The van der Waals surface area contributed by atoms with Crippen molar-refractivity contribution < 1.29 is 14.7 Å². The van der Waals surface area contributed by atoms with E-state index in [9.17, 15) is 14.7 Å². The van der Waals surface area contributed by atoms with E-state index in [4.69, 9.17) is 0 Å². The highest BCUT2D eigenvalue weighted by molar-refractivity contribution is 6.01. The van der Waals surface area contributed by atoms with E-state index in [1.54, 1.807) is 18.5 Å². The summed E-state index contributed by atoms with van der Waals surface area (Å²) in [7, 11) is 0. The fraction of sp³-hybridized carbons (Fsp3) is 0.312. The number of carbonyl (C=O) groups is 2. The number of amides is 1. The first-order chi connectivity index (χ1) is 10.7. The lowest BCUT2D eigenvalue weighted by atomic mass is 9.79. The summed E-state index contributed by atoms with van der Waals surface area (Å²) in [5, 5.41) is 12.7. The number of aromatic nitrogens is 1. The maximum absolute atomic E-state index is 12.1. The predicted octanol–water partition coefficient (Wildman–Crippen LogP) is 0.636. The van der Waals surface area contributed by atoms with Crippen LogP contribution < -0.4 is 5.32 Å². The summed E-state index contributed by atoms with van der Waals surface area (Å²) in [5.74, 6) is -0.876. The van der Waals surface area contributed by atoms with Gasteiger partial charge in [-0.05, 0) is 29.5 Å². The molecule has 2 N–H and O–H groups in total. The van der Waals surface area contributed by atoms with Crippen LogP contribution in [0.25, 0.3) is 6.08 Å². The van der Waals surface area contributed by atoms with Crippen molar-refractivity contribution >= 4 is 18.0 Å². The van der Waals surface area contributed by atoms with Gasteiger partial charge in [0.1, 0.15) is 11.7 Å². The van der Waals surface area contributed by atoms with Crippen LogP contribution in [0.15, 0.2) is 41.9 Å². The normalized spacial score (nSPS) is 29.7. The largest absolute Gasteiger partial charge is 0.477 e. The number of carbonyl (C=O) groups excluding carboxylic acids is 1. The summed E-state index contributed by atoms with van der Waals surface area (Å²) in [6, 6.07) is 3.54. The quantitative estimate of drug-likeness (QED) is 0.800. The summed E-state index contributed by atoms with van der Waals surface area (Å²) >= 11 is 0. The smallest absolute Gasteiger partial charge is 0.352 e. The zero-order valence-electron chi connectivity index (χ0n) is 11.8. The van der Waals surface area contributed by atoms with Gasteiger partial charge in [0.15, 0.2) is 0 Å². The Morgan fingerprint density at radius 2 is 2.32 bits per heavy atom. The van der Waals surface area contributed by atoms with Crippen molar-refractivity contribution in [2.75, 3.05) is 6.54 Å². The third kappa shape index (κ3) is 1.80. The fourth-order valence-corrected chi connectivity index (χ4v) is 3.64. The molecule has 3 atom stereocenters. The van der Waals surface area contributed by atoms with E-state index in [0.717, 1.165) is 12.1 Å². The molecule has 2 unspecified atom stereocenters. The molecule has 1 amide bonds. The molecular formula is C16H15N3O3. The Labute approximate surface area is 127 Å². The van der Waals surface area contributed by atoms with Crippen molar-refractivity contribution in [3.8, 4) is 0 Å². The van der Waals surface area contributed by atoms with Crippen LogP contribution >= 0.6 is 0 Å². The number of nitrogens with zero attached hydrogens (tertiary/aromatic N) is 2. The second kappa shape index (κ2) is 4.78. The lowest BCUT2D eigenvalue weighted by molar-refractivity contribution is -0.153. The molecule has 2 fully saturated rings. The Hall–Kier alpha value is -2.47. The average Bonchev–Trinajstić information content (AvgIpc) is 2.93. The van der Waals surface area contributed by atoms with Gasteiger partial charge < -0.3 is 10.4 Å². The highest BCUT2D eigenvalue weighted by atomic mass is 16.4. The molecule has 3 aliphatic heterocycles. The lowest BCUT2D eigenvalue weighted by Crippen LogP contribution is -2.68. The van der Waals surface area contributed by atoms with Gasteiger partial charge in [-0.25, -0.2) is 4.79 Å². The van der Waals surface area contributed by atoms with Crippen LogP contribution in [0.1, 0.15) is 12.0 Å². The zero-order valence-corrected chi connectivity index (χ0v) is 11.8. The number of pyridine rings is 1. The van der Waals surface area contributed by atoms with Crippen molar-refractivity contribution in [3.63, 3.8) is 0 Å². The Kier molecular flexibility index (Phi) is 2.87. The predicted molar refractivity (Wildman–Crippen MR) is 78.5 cm³/mol. The summed E-state index contributed by atoms with van der Waals surface area (Å²) in [4.78, 5) is 29.2. The molecule has 0 saturated carbocycles. The summed E-state index contributed by atoms with van der Waals surface area (Å²) in [6.45, 7) is 0.759. The van der Waals surface area contributed by atoms with Crippen LogP contribution in [-0.2, 0) is 9.59 Å². The van der Waals surface area contributed by atoms with Crippen molar-refractivity contribution in [2.45, 2.75) is 18.5 Å². The monoisotopic (exact) mass is 297 g/mol. The van der Waals surface area contributed by atoms with Gasteiger partial charge in [-0.3, -0.25) is 14.7 Å². The second-order valence-corrected chi connectivity index (χ2v) is 5.85. The van der Waals surface area contributed by atoms with Crippen LogP contribution in [-0.4, -0.2) is 45.5 Å². The van der Waals surface area contributed by atoms with Gasteiger partial charge in [0, 0.05) is 18.9 Å². The van der Waals surface area contributed by atoms with E-state index < -0.39 is 5.97 Å². The topological polar surface area (TPSA) is 82.5 Å². The molecule has 2 saturated heterocycles. The van der Waals surface area contributed by atoms with E-state index in [1.165, 1.54) is 4.90 Å². The van der Waals surface area contributed by atoms with E-state index >= 15 is 0 Å². The fourth-order valence-electron chi connectivity index (χ4n) is 3.64. The van der Waals surface area contributed by atoms with Crippen LogP contribution in [0.2, 0.25) is 0 Å². The molecule has 3 aliphatic rings. The highest BCUT2D eigenvalue weighted by Crippen LogP contribution is 2.43. The first-order valence-corrected chi connectivity index (χ1v) is 7.28. The van der Waals surface area contributed by atoms with Crippen LogP contribution in [0.5, 0.6) is 0 Å². The molecule has 0 bridgehead atoms. The molecule has 22 heavy (non-hydrogen) atoms. The maximum Gasteiger partial charge on any atom is 0.352 e. The Bertz CT molecular complexity index is 711. The zero-order chi connectivity index (χ0) is 15.3. The third-order valence-electron chi connectivity index (χ3n) is 4.62. The standard InChI is InChI=1S/C16H15N3O3/c20-15-12-13-11(8-18-12)6-10(14(16(21)22)19(13)15)4-3-9-2-1-5-17-7-9/h1-5,7,11-13,18H,6,8H2,(H,21,22)/b4-3+/t11?,12?,13-/m1/s1. The van der Waals surface area contributed by atoms with Gasteiger partial charge in [0.25, 0.3) is 0 Å². The number of hydrogen-bond donors (Lipinski definition) is 2. The van der Waals surface area contributed by atoms with Gasteiger partial charge in [0.2, 0.25) is 5.91 Å². The molecule has 6 heteroatoms. The summed E-state index contributed by atoms with van der Waals surface area (Å²) in [5.41, 5.74) is 1.73. The summed E-state index contributed by atoms with van der Waals surface area (Å²) < 4.78 is 0. The minimum atomic E-state index is -1.04. The van der Waals surface area contributed by atoms with Gasteiger partial charge >= 0.3 is 5.97 Å². The number of hydrogen-bond acceptors (Lipinski definition) is 4. The van der Waals surface area contributed by atoms with E-state index in [-0.39, 0.29) is 23.7 Å². The van der Waals surface area contributed by atoms with Crippen molar-refractivity contribution in [3.05, 3.63) is 47.4 Å². The van der Waals surface area contributed by atoms with E-state index in [1.807, 2.05) is 18.2 Å². The van der Waals surface area contributed by atoms with Gasteiger partial charge in [-0.1, -0.05) is 18.2 Å². The first-order valence-electron chi connectivity index (χ1n) is 7.28. The Balaban J connectivity index is 1.72. The SMILES string of the molecule is O=C(O)C1=C(/C=C/c2cccnc2)CC2CNC3C(=O)N1[C@H]23. The molecular weight excluding hydrogens is 282 g/mol. The number of carboxylic acids is 1. The molecule has 4 heterocycles. The van der Waals surface area contributed by atoms with Crippen molar-refractivity contribution in [1.82, 2.24) is 15.2 Å². The highest BCUT2D eigenvalue weighted by Gasteiger charge is 2.59. The maximum atomic E-state index is 12.1. The number of carboxylic acid groups (broad SMARTS) is 1. The van der Waals surface area contributed by atoms with Crippen molar-refractivity contribution in [2.24, 2.45) is 5.92 Å². The third-order valence-corrected chi connectivity index (χ3v) is 4.62. The van der Waals surface area contributed by atoms with Gasteiger partial charge in [-0.2, -0.15) is 0 Å². The molecule has 112 valence electrons. The molecule has 1 aromatic rings. The van der Waals surface area contributed by atoms with Crippen LogP contribution in [0.3, 0.4) is 0 Å². The Morgan fingerprint density at radius 1 is 1.45 bits per heavy atom.